The van der Waals surface area contributed by atoms with Crippen molar-refractivity contribution in [2.75, 3.05) is 0 Å². The Morgan fingerprint density at radius 3 is 1.35 bits per heavy atom. The number of hydrogen-bond donors (Lipinski definition) is 0. The molecule has 88 valence electrons. The third kappa shape index (κ3) is 8.12. The van der Waals surface area contributed by atoms with Crippen molar-refractivity contribution < 1.29 is 0 Å². The average molecular weight is 242 g/mol. The molecule has 0 saturated carbocycles. The van der Waals surface area contributed by atoms with E-state index in [1.54, 1.807) is 36.1 Å². The second kappa shape index (κ2) is 10.8. The van der Waals surface area contributed by atoms with Crippen molar-refractivity contribution in [3.05, 3.63) is 96.9 Å². The Kier molecular flexibility index (Phi) is 9.68. The topological polar surface area (TPSA) is 0 Å². The van der Waals surface area contributed by atoms with Crippen molar-refractivity contribution in [2.45, 2.75) is 0 Å². The second-order valence-corrected chi connectivity index (χ2v) is 4.05. The minimum absolute atomic E-state index is 1.08. The van der Waals surface area contributed by atoms with E-state index < -0.39 is 0 Å². The monoisotopic (exact) mass is 242 g/mol. The van der Waals surface area contributed by atoms with Crippen LogP contribution in [0.4, 0.5) is 0 Å². The molecule has 0 unspecified atom stereocenters. The van der Waals surface area contributed by atoms with Crippen LogP contribution in [0.2, 0.25) is 0 Å². The van der Waals surface area contributed by atoms with E-state index >= 15 is 0 Å². The molecule has 0 aliphatic heterocycles. The van der Waals surface area contributed by atoms with Gasteiger partial charge in [-0.05, 0) is 24.3 Å². The molecule has 0 N–H and O–H groups in total. The van der Waals surface area contributed by atoms with Gasteiger partial charge in [-0.1, -0.05) is 74.5 Å². The van der Waals surface area contributed by atoms with Gasteiger partial charge in [-0.3, -0.25) is 0 Å². The summed E-state index contributed by atoms with van der Waals surface area (Å²) in [4.78, 5) is 2.17. The van der Waals surface area contributed by atoms with E-state index in [0.29, 0.717) is 0 Å². The summed E-state index contributed by atoms with van der Waals surface area (Å²) in [6.45, 7) is 14.7. The molecule has 0 bridgehead atoms. The van der Waals surface area contributed by atoms with Gasteiger partial charge in [-0.2, -0.15) is 0 Å². The second-order valence-electron chi connectivity index (χ2n) is 2.90. The average Bonchev–Trinajstić information content (AvgIpc) is 2.33. The van der Waals surface area contributed by atoms with Crippen LogP contribution in [0, 0.1) is 0 Å². The highest BCUT2D eigenvalue weighted by Gasteiger charge is 1.96. The lowest BCUT2D eigenvalue weighted by Gasteiger charge is -2.01. The van der Waals surface area contributed by atoms with Crippen molar-refractivity contribution in [1.82, 2.24) is 0 Å². The third-order valence-corrected chi connectivity index (χ3v) is 2.61. The highest BCUT2D eigenvalue weighted by Crippen LogP contribution is 2.27. The van der Waals surface area contributed by atoms with Gasteiger partial charge in [-0.25, -0.2) is 0 Å². The summed E-state index contributed by atoms with van der Waals surface area (Å²) in [6, 6.07) is 0. The molecule has 0 aliphatic rings. The number of thioether (sulfide) groups is 1. The molecule has 0 nitrogen and oxygen atoms in total. The molecule has 0 radical (unpaired) electrons. The first-order valence-corrected chi connectivity index (χ1v) is 6.01. The minimum Gasteiger partial charge on any atom is -0.0991 e. The predicted octanol–water partition coefficient (Wildman–Crippen LogP) is 5.34. The highest BCUT2D eigenvalue weighted by atomic mass is 32.2. The maximum atomic E-state index is 3.70. The smallest absolute Gasteiger partial charge is 0.0122 e. The van der Waals surface area contributed by atoms with E-state index in [4.69, 9.17) is 0 Å². The van der Waals surface area contributed by atoms with Crippen molar-refractivity contribution in [3.63, 3.8) is 0 Å². The van der Waals surface area contributed by atoms with Crippen LogP contribution in [0.25, 0.3) is 0 Å². The summed E-state index contributed by atoms with van der Waals surface area (Å²) in [6.07, 6.45) is 18.7. The Labute approximate surface area is 109 Å². The van der Waals surface area contributed by atoms with Crippen molar-refractivity contribution in [2.24, 2.45) is 0 Å². The molecular formula is C16H18S. The summed E-state index contributed by atoms with van der Waals surface area (Å²) in [7, 11) is 0. The van der Waals surface area contributed by atoms with Crippen molar-refractivity contribution in [3.8, 4) is 0 Å². The first-order valence-electron chi connectivity index (χ1n) is 5.20. The van der Waals surface area contributed by atoms with E-state index in [1.165, 1.54) is 0 Å². The van der Waals surface area contributed by atoms with Crippen molar-refractivity contribution in [1.29, 1.82) is 0 Å². The lowest BCUT2D eigenvalue weighted by atomic mass is 10.4. The summed E-state index contributed by atoms with van der Waals surface area (Å²) in [5.74, 6) is 0. The van der Waals surface area contributed by atoms with Crippen LogP contribution in [-0.2, 0) is 0 Å². The van der Waals surface area contributed by atoms with Crippen LogP contribution in [0.3, 0.4) is 0 Å². The first kappa shape index (κ1) is 15.3. The Balaban J connectivity index is 4.91. The predicted molar refractivity (Wildman–Crippen MR) is 82.8 cm³/mol. The van der Waals surface area contributed by atoms with E-state index in [1.807, 2.05) is 36.5 Å². The molecule has 0 rings (SSSR count). The molecular weight excluding hydrogens is 224 g/mol. The van der Waals surface area contributed by atoms with Gasteiger partial charge in [0, 0.05) is 9.81 Å². The van der Waals surface area contributed by atoms with Gasteiger partial charge in [0.25, 0.3) is 0 Å². The normalized spacial score (nSPS) is 12.9. The van der Waals surface area contributed by atoms with Gasteiger partial charge < -0.3 is 0 Å². The summed E-state index contributed by atoms with van der Waals surface area (Å²) in [5.41, 5.74) is 0. The van der Waals surface area contributed by atoms with E-state index in [0.717, 1.165) is 9.81 Å². The molecule has 0 aromatic heterocycles. The van der Waals surface area contributed by atoms with Gasteiger partial charge in [0.2, 0.25) is 0 Å². The molecule has 0 aromatic carbocycles. The zero-order valence-electron chi connectivity index (χ0n) is 10.0. The zero-order valence-corrected chi connectivity index (χ0v) is 10.8. The largest absolute Gasteiger partial charge is 0.0991 e. The fraction of sp³-hybridized carbons (Fsp3) is 0. The molecule has 0 heterocycles. The van der Waals surface area contributed by atoms with Gasteiger partial charge >= 0.3 is 0 Å². The minimum atomic E-state index is 1.08. The van der Waals surface area contributed by atoms with E-state index in [-0.39, 0.29) is 0 Å². The Morgan fingerprint density at radius 1 is 0.647 bits per heavy atom. The fourth-order valence-electron chi connectivity index (χ4n) is 0.941. The molecule has 0 atom stereocenters. The van der Waals surface area contributed by atoms with Gasteiger partial charge in [-0.15, -0.1) is 0 Å². The number of hydrogen-bond acceptors (Lipinski definition) is 1. The fourth-order valence-corrected chi connectivity index (χ4v) is 1.84. The quantitative estimate of drug-likeness (QED) is 0.517. The zero-order chi connectivity index (χ0) is 12.9. The van der Waals surface area contributed by atoms with Crippen LogP contribution < -0.4 is 0 Å². The Bertz CT molecular complexity index is 352. The molecule has 0 amide bonds. The highest BCUT2D eigenvalue weighted by molar-refractivity contribution is 8.07. The number of allylic oxidation sites excluding steroid dienone is 10. The summed E-state index contributed by atoms with van der Waals surface area (Å²) < 4.78 is 0. The third-order valence-electron chi connectivity index (χ3n) is 1.59. The molecule has 0 spiro atoms. The maximum Gasteiger partial charge on any atom is 0.0122 e. The summed E-state index contributed by atoms with van der Waals surface area (Å²) >= 11 is 1.63. The van der Waals surface area contributed by atoms with E-state index in [2.05, 4.69) is 26.3 Å². The lowest BCUT2D eigenvalue weighted by molar-refractivity contribution is 1.82. The molecule has 1 heteroatoms. The van der Waals surface area contributed by atoms with Crippen LogP contribution in [0.1, 0.15) is 0 Å². The van der Waals surface area contributed by atoms with Crippen LogP contribution >= 0.6 is 11.8 Å². The SMILES string of the molecule is C=C/C=C\C(=C/C=C)SC(/C=C\C=C)=C/C=C. The summed E-state index contributed by atoms with van der Waals surface area (Å²) in [5, 5.41) is 0. The maximum absolute atomic E-state index is 3.70. The van der Waals surface area contributed by atoms with Crippen LogP contribution in [0.5, 0.6) is 0 Å². The van der Waals surface area contributed by atoms with Crippen LogP contribution in [0.15, 0.2) is 96.9 Å². The van der Waals surface area contributed by atoms with Gasteiger partial charge in [0.05, 0.1) is 0 Å². The van der Waals surface area contributed by atoms with Crippen molar-refractivity contribution >= 4 is 11.8 Å². The van der Waals surface area contributed by atoms with E-state index in [9.17, 15) is 0 Å². The lowest BCUT2D eigenvalue weighted by Crippen LogP contribution is -1.74. The van der Waals surface area contributed by atoms with Gasteiger partial charge in [0.1, 0.15) is 0 Å². The molecule has 0 aliphatic carbocycles. The molecule has 17 heavy (non-hydrogen) atoms. The number of rotatable bonds is 8. The standard InChI is InChI=1S/C16H18S/c1-5-9-13-15(11-7-3)17-16(12-8-4)14-10-6-2/h5-14H,1-4H2/b13-9-,14-10-,15-11+,16-12+. The molecule has 0 aromatic rings. The van der Waals surface area contributed by atoms with Crippen LogP contribution in [-0.4, -0.2) is 0 Å². The molecule has 0 saturated heterocycles. The Hall–Kier alpha value is -1.73. The first-order chi connectivity index (χ1) is 8.28. The Morgan fingerprint density at radius 2 is 1.06 bits per heavy atom. The molecule has 0 fully saturated rings. The van der Waals surface area contributed by atoms with Gasteiger partial charge in [0.15, 0.2) is 0 Å².